The highest BCUT2D eigenvalue weighted by Crippen LogP contribution is 2.12. The van der Waals surface area contributed by atoms with E-state index in [1.165, 1.54) is 12.3 Å². The third kappa shape index (κ3) is 2.85. The van der Waals surface area contributed by atoms with E-state index in [9.17, 15) is 4.79 Å². The van der Waals surface area contributed by atoms with Gasteiger partial charge in [-0.25, -0.2) is 4.98 Å². The van der Waals surface area contributed by atoms with Crippen LogP contribution in [-0.2, 0) is 6.42 Å². The minimum Gasteiger partial charge on any atom is -0.384 e. The van der Waals surface area contributed by atoms with Crippen molar-refractivity contribution in [3.05, 3.63) is 35.7 Å². The fourth-order valence-electron chi connectivity index (χ4n) is 1.59. The van der Waals surface area contributed by atoms with Gasteiger partial charge >= 0.3 is 0 Å². The van der Waals surface area contributed by atoms with Crippen molar-refractivity contribution in [1.29, 1.82) is 0 Å². The number of aryl methyl sites for hydroxylation is 1. The van der Waals surface area contributed by atoms with Gasteiger partial charge in [-0.15, -0.1) is 0 Å². The van der Waals surface area contributed by atoms with Crippen molar-refractivity contribution in [2.45, 2.75) is 19.8 Å². The second-order valence-electron chi connectivity index (χ2n) is 3.86. The highest BCUT2D eigenvalue weighted by atomic mass is 16.5. The Balaban J connectivity index is 2.19. The van der Waals surface area contributed by atoms with Crippen molar-refractivity contribution < 1.29 is 9.32 Å². The van der Waals surface area contributed by atoms with Crippen LogP contribution in [0.25, 0.3) is 0 Å². The number of anilines is 2. The predicted molar refractivity (Wildman–Crippen MR) is 67.1 cm³/mol. The number of carbonyl (C=O) groups excluding carboxylic acids is 1. The van der Waals surface area contributed by atoms with Crippen LogP contribution in [0.4, 0.5) is 11.6 Å². The summed E-state index contributed by atoms with van der Waals surface area (Å²) >= 11 is 0. The maximum absolute atomic E-state index is 11.9. The third-order valence-electron chi connectivity index (χ3n) is 2.35. The molecule has 18 heavy (non-hydrogen) atoms. The molecule has 0 radical (unpaired) electrons. The first-order valence-corrected chi connectivity index (χ1v) is 5.67. The summed E-state index contributed by atoms with van der Waals surface area (Å²) in [6.07, 6.45) is 3.12. The molecule has 0 aliphatic carbocycles. The van der Waals surface area contributed by atoms with Crippen molar-refractivity contribution in [2.75, 3.05) is 11.1 Å². The molecule has 0 spiro atoms. The molecule has 2 rings (SSSR count). The lowest BCUT2D eigenvalue weighted by Gasteiger charge is -2.05. The van der Waals surface area contributed by atoms with Crippen LogP contribution in [0.1, 0.15) is 29.4 Å². The Morgan fingerprint density at radius 2 is 2.33 bits per heavy atom. The molecule has 0 aliphatic heterocycles. The topological polar surface area (TPSA) is 94.0 Å². The Morgan fingerprint density at radius 3 is 3.00 bits per heavy atom. The van der Waals surface area contributed by atoms with Crippen LogP contribution < -0.4 is 11.1 Å². The van der Waals surface area contributed by atoms with Crippen LogP contribution in [0.2, 0.25) is 0 Å². The van der Waals surface area contributed by atoms with Crippen molar-refractivity contribution in [3.8, 4) is 0 Å². The molecule has 0 atom stereocenters. The lowest BCUT2D eigenvalue weighted by molar-refractivity contribution is 0.102. The summed E-state index contributed by atoms with van der Waals surface area (Å²) in [7, 11) is 0. The molecular formula is C12H14N4O2. The van der Waals surface area contributed by atoms with E-state index < -0.39 is 0 Å². The number of pyridine rings is 1. The molecule has 0 unspecified atom stereocenters. The second-order valence-corrected chi connectivity index (χ2v) is 3.86. The molecule has 0 aromatic carbocycles. The van der Waals surface area contributed by atoms with Crippen LogP contribution >= 0.6 is 0 Å². The Morgan fingerprint density at radius 1 is 1.50 bits per heavy atom. The standard InChI is InChI=1S/C12H14N4O2/c1-2-3-9-6-8(7-10(13)14-9)12(17)15-11-4-5-18-16-11/h4-7H,2-3H2,1H3,(H2,13,14)(H,15,16,17). The smallest absolute Gasteiger partial charge is 0.257 e. The van der Waals surface area contributed by atoms with Gasteiger partial charge in [-0.2, -0.15) is 0 Å². The van der Waals surface area contributed by atoms with Crippen molar-refractivity contribution >= 4 is 17.5 Å². The summed E-state index contributed by atoms with van der Waals surface area (Å²) in [6.45, 7) is 2.04. The first kappa shape index (κ1) is 12.1. The molecular weight excluding hydrogens is 232 g/mol. The van der Waals surface area contributed by atoms with Crippen molar-refractivity contribution in [1.82, 2.24) is 10.1 Å². The first-order chi connectivity index (χ1) is 8.69. The first-order valence-electron chi connectivity index (χ1n) is 5.67. The van der Waals surface area contributed by atoms with Gasteiger partial charge in [0.05, 0.1) is 0 Å². The molecule has 0 aliphatic rings. The number of hydrogen-bond acceptors (Lipinski definition) is 5. The van der Waals surface area contributed by atoms with E-state index in [1.54, 1.807) is 12.1 Å². The van der Waals surface area contributed by atoms with E-state index in [1.807, 2.05) is 6.92 Å². The van der Waals surface area contributed by atoms with Gasteiger partial charge in [-0.1, -0.05) is 18.5 Å². The molecule has 0 bridgehead atoms. The summed E-state index contributed by atoms with van der Waals surface area (Å²) in [6, 6.07) is 4.83. The third-order valence-corrected chi connectivity index (χ3v) is 2.35. The number of aromatic nitrogens is 2. The molecule has 0 saturated carbocycles. The van der Waals surface area contributed by atoms with E-state index in [0.717, 1.165) is 18.5 Å². The lowest BCUT2D eigenvalue weighted by Crippen LogP contribution is -2.13. The molecule has 2 aromatic rings. The quantitative estimate of drug-likeness (QED) is 0.858. The van der Waals surface area contributed by atoms with Gasteiger partial charge in [0.2, 0.25) is 0 Å². The van der Waals surface area contributed by atoms with E-state index in [0.29, 0.717) is 17.2 Å². The monoisotopic (exact) mass is 246 g/mol. The number of nitrogen functional groups attached to an aromatic ring is 1. The minimum absolute atomic E-state index is 0.282. The van der Waals surface area contributed by atoms with Gasteiger partial charge in [-0.3, -0.25) is 4.79 Å². The molecule has 6 nitrogen and oxygen atoms in total. The van der Waals surface area contributed by atoms with Crippen LogP contribution in [0.15, 0.2) is 29.0 Å². The van der Waals surface area contributed by atoms with E-state index in [-0.39, 0.29) is 5.91 Å². The zero-order chi connectivity index (χ0) is 13.0. The second kappa shape index (κ2) is 5.31. The number of carbonyl (C=O) groups is 1. The van der Waals surface area contributed by atoms with Gasteiger partial charge in [0, 0.05) is 17.3 Å². The molecule has 2 aromatic heterocycles. The SMILES string of the molecule is CCCc1cc(C(=O)Nc2ccon2)cc(N)n1. The minimum atomic E-state index is -0.282. The average Bonchev–Trinajstić information content (AvgIpc) is 2.81. The van der Waals surface area contributed by atoms with E-state index >= 15 is 0 Å². The molecule has 94 valence electrons. The Labute approximate surface area is 104 Å². The zero-order valence-electron chi connectivity index (χ0n) is 10.0. The number of nitrogens with one attached hydrogen (secondary N) is 1. The molecule has 6 heteroatoms. The average molecular weight is 246 g/mol. The summed E-state index contributed by atoms with van der Waals surface area (Å²) in [4.78, 5) is 16.1. The summed E-state index contributed by atoms with van der Waals surface area (Å²) in [5.74, 6) is 0.425. The molecule has 3 N–H and O–H groups in total. The van der Waals surface area contributed by atoms with Crippen LogP contribution in [-0.4, -0.2) is 16.0 Å². The zero-order valence-corrected chi connectivity index (χ0v) is 10.0. The van der Waals surface area contributed by atoms with Gasteiger partial charge in [-0.05, 0) is 18.6 Å². The maximum atomic E-state index is 11.9. The largest absolute Gasteiger partial charge is 0.384 e. The van der Waals surface area contributed by atoms with Crippen LogP contribution in [0.5, 0.6) is 0 Å². The van der Waals surface area contributed by atoms with Gasteiger partial charge < -0.3 is 15.6 Å². The summed E-state index contributed by atoms with van der Waals surface area (Å²) < 4.78 is 4.64. The van der Waals surface area contributed by atoms with Gasteiger partial charge in [0.1, 0.15) is 12.1 Å². The van der Waals surface area contributed by atoms with Gasteiger partial charge in [0.15, 0.2) is 5.82 Å². The highest BCUT2D eigenvalue weighted by Gasteiger charge is 2.10. The maximum Gasteiger partial charge on any atom is 0.257 e. The normalized spacial score (nSPS) is 10.3. The van der Waals surface area contributed by atoms with Crippen molar-refractivity contribution in [3.63, 3.8) is 0 Å². The Bertz CT molecular complexity index is 537. The molecule has 1 amide bonds. The molecule has 0 saturated heterocycles. The highest BCUT2D eigenvalue weighted by molar-refractivity contribution is 6.04. The molecule has 2 heterocycles. The molecule has 0 fully saturated rings. The number of rotatable bonds is 4. The van der Waals surface area contributed by atoms with Crippen LogP contribution in [0.3, 0.4) is 0 Å². The number of hydrogen-bond donors (Lipinski definition) is 2. The Kier molecular flexibility index (Phi) is 3.57. The van der Waals surface area contributed by atoms with E-state index in [2.05, 4.69) is 20.0 Å². The Hall–Kier alpha value is -2.37. The van der Waals surface area contributed by atoms with Gasteiger partial charge in [0.25, 0.3) is 5.91 Å². The van der Waals surface area contributed by atoms with Crippen LogP contribution in [0, 0.1) is 0 Å². The number of nitrogens with two attached hydrogens (primary N) is 1. The fourth-order valence-corrected chi connectivity index (χ4v) is 1.59. The number of nitrogens with zero attached hydrogens (tertiary/aromatic N) is 2. The predicted octanol–water partition coefficient (Wildman–Crippen LogP) is 1.86. The fraction of sp³-hybridized carbons (Fsp3) is 0.250. The summed E-state index contributed by atoms with van der Waals surface area (Å²) in [5, 5.41) is 6.22. The summed E-state index contributed by atoms with van der Waals surface area (Å²) in [5.41, 5.74) is 6.95. The number of amides is 1. The van der Waals surface area contributed by atoms with E-state index in [4.69, 9.17) is 5.73 Å². The van der Waals surface area contributed by atoms with Crippen molar-refractivity contribution in [2.24, 2.45) is 0 Å². The lowest BCUT2D eigenvalue weighted by atomic mass is 10.1.